The van der Waals surface area contributed by atoms with Gasteiger partial charge in [0.1, 0.15) is 5.57 Å². The second-order valence-corrected chi connectivity index (χ2v) is 7.42. The Balaban J connectivity index is 1.67. The fourth-order valence-corrected chi connectivity index (χ4v) is 3.90. The van der Waals surface area contributed by atoms with E-state index in [1.165, 1.54) is 23.4 Å². The number of anilines is 2. The van der Waals surface area contributed by atoms with Crippen LogP contribution in [0.4, 0.5) is 11.4 Å². The summed E-state index contributed by atoms with van der Waals surface area (Å²) in [6.07, 6.45) is 4.09. The predicted octanol–water partition coefficient (Wildman–Crippen LogP) is 3.43. The fraction of sp³-hybridized carbons (Fsp3) is 0.227. The van der Waals surface area contributed by atoms with Gasteiger partial charge in [-0.2, -0.15) is 0 Å². The molecule has 0 unspecified atom stereocenters. The molecule has 0 atom stereocenters. The average Bonchev–Trinajstić information content (AvgIpc) is 3.21. The van der Waals surface area contributed by atoms with Crippen molar-refractivity contribution in [2.24, 2.45) is 0 Å². The van der Waals surface area contributed by atoms with Crippen LogP contribution in [0.25, 0.3) is 6.08 Å². The number of hydrogen-bond acceptors (Lipinski definition) is 4. The first-order valence-electron chi connectivity index (χ1n) is 9.37. The van der Waals surface area contributed by atoms with Crippen molar-refractivity contribution in [3.8, 4) is 0 Å². The number of para-hydroxylation sites is 1. The zero-order chi connectivity index (χ0) is 19.7. The molecule has 0 aliphatic carbocycles. The molecule has 2 aliphatic rings. The van der Waals surface area contributed by atoms with Crippen LogP contribution >= 0.6 is 12.2 Å². The number of carbonyl (C=O) groups excluding carboxylic acids is 2. The zero-order valence-corrected chi connectivity index (χ0v) is 16.5. The van der Waals surface area contributed by atoms with Crippen LogP contribution in [0.2, 0.25) is 0 Å². The molecule has 6 heteroatoms. The smallest absolute Gasteiger partial charge is 0.270 e. The molecule has 2 aromatic carbocycles. The Morgan fingerprint density at radius 3 is 2.39 bits per heavy atom. The molecule has 0 spiro atoms. The van der Waals surface area contributed by atoms with Crippen molar-refractivity contribution in [3.05, 3.63) is 65.2 Å². The van der Waals surface area contributed by atoms with E-state index >= 15 is 0 Å². The summed E-state index contributed by atoms with van der Waals surface area (Å²) < 4.78 is 0. The topological polar surface area (TPSA) is 52.7 Å². The molecule has 0 radical (unpaired) electrons. The Bertz CT molecular complexity index is 979. The Labute approximate surface area is 169 Å². The molecule has 1 N–H and O–H groups in total. The van der Waals surface area contributed by atoms with Crippen molar-refractivity contribution in [2.45, 2.75) is 19.8 Å². The monoisotopic (exact) mass is 391 g/mol. The lowest BCUT2D eigenvalue weighted by Crippen LogP contribution is -2.54. The minimum atomic E-state index is -0.467. The SMILES string of the molecule is Cc1cc(N2CCCC2)ccc1/C=C1\C(=O)NC(=S)N(c2ccccc2)C1=O. The second kappa shape index (κ2) is 7.56. The van der Waals surface area contributed by atoms with E-state index in [9.17, 15) is 9.59 Å². The van der Waals surface area contributed by atoms with Gasteiger partial charge < -0.3 is 4.90 Å². The molecule has 2 amide bonds. The van der Waals surface area contributed by atoms with Gasteiger partial charge in [0.15, 0.2) is 5.11 Å². The van der Waals surface area contributed by atoms with Gasteiger partial charge in [-0.05, 0) is 73.5 Å². The largest absolute Gasteiger partial charge is 0.372 e. The highest BCUT2D eigenvalue weighted by molar-refractivity contribution is 7.80. The summed E-state index contributed by atoms with van der Waals surface area (Å²) in [5.41, 5.74) is 3.77. The maximum absolute atomic E-state index is 13.0. The van der Waals surface area contributed by atoms with Crippen molar-refractivity contribution in [2.75, 3.05) is 22.9 Å². The van der Waals surface area contributed by atoms with E-state index < -0.39 is 11.8 Å². The third-order valence-electron chi connectivity index (χ3n) is 5.14. The van der Waals surface area contributed by atoms with E-state index in [2.05, 4.69) is 22.3 Å². The first-order valence-corrected chi connectivity index (χ1v) is 9.77. The molecule has 4 rings (SSSR count). The van der Waals surface area contributed by atoms with E-state index in [1.807, 2.05) is 31.2 Å². The van der Waals surface area contributed by atoms with Gasteiger partial charge in [0.25, 0.3) is 11.8 Å². The molecule has 0 saturated carbocycles. The number of amides is 2. The van der Waals surface area contributed by atoms with Crippen LogP contribution in [0, 0.1) is 6.92 Å². The summed E-state index contributed by atoms with van der Waals surface area (Å²) in [6.45, 7) is 4.14. The molecule has 2 saturated heterocycles. The number of aryl methyl sites for hydroxylation is 1. The van der Waals surface area contributed by atoms with E-state index in [-0.39, 0.29) is 10.7 Å². The molecule has 5 nitrogen and oxygen atoms in total. The Morgan fingerprint density at radius 2 is 1.71 bits per heavy atom. The Kier molecular flexibility index (Phi) is 4.96. The number of carbonyl (C=O) groups is 2. The second-order valence-electron chi connectivity index (χ2n) is 7.03. The summed E-state index contributed by atoms with van der Waals surface area (Å²) >= 11 is 5.23. The highest BCUT2D eigenvalue weighted by Crippen LogP contribution is 2.26. The standard InChI is InChI=1S/C22H21N3O2S/c1-15-13-18(24-11-5-6-12-24)10-9-16(15)14-19-20(26)23-22(28)25(21(19)27)17-7-3-2-4-8-17/h2-4,7-10,13-14H,5-6,11-12H2,1H3,(H,23,26,28)/b19-14+. The van der Waals surface area contributed by atoms with Gasteiger partial charge in [-0.15, -0.1) is 0 Å². The van der Waals surface area contributed by atoms with Crippen LogP contribution < -0.4 is 15.1 Å². The molecule has 2 aliphatic heterocycles. The minimum Gasteiger partial charge on any atom is -0.372 e. The van der Waals surface area contributed by atoms with Gasteiger partial charge in [-0.3, -0.25) is 19.8 Å². The van der Waals surface area contributed by atoms with Crippen molar-refractivity contribution in [1.82, 2.24) is 5.32 Å². The summed E-state index contributed by atoms with van der Waals surface area (Å²) in [5, 5.41) is 2.72. The van der Waals surface area contributed by atoms with Crippen LogP contribution in [-0.4, -0.2) is 30.0 Å². The molecule has 28 heavy (non-hydrogen) atoms. The maximum Gasteiger partial charge on any atom is 0.270 e. The summed E-state index contributed by atoms with van der Waals surface area (Å²) in [4.78, 5) is 29.2. The molecule has 142 valence electrons. The number of nitrogens with zero attached hydrogens (tertiary/aromatic N) is 2. The molecule has 2 aromatic rings. The lowest BCUT2D eigenvalue weighted by molar-refractivity contribution is -0.122. The fourth-order valence-electron chi connectivity index (χ4n) is 3.62. The van der Waals surface area contributed by atoms with Gasteiger partial charge in [-0.1, -0.05) is 24.3 Å². The van der Waals surface area contributed by atoms with Crippen LogP contribution in [0.15, 0.2) is 54.1 Å². The lowest BCUT2D eigenvalue weighted by Gasteiger charge is -2.29. The Hall–Kier alpha value is -2.99. The summed E-state index contributed by atoms with van der Waals surface area (Å²) in [6, 6.07) is 15.2. The first kappa shape index (κ1) is 18.4. The number of benzene rings is 2. The molecule has 2 fully saturated rings. The highest BCUT2D eigenvalue weighted by Gasteiger charge is 2.34. The van der Waals surface area contributed by atoms with E-state index in [1.54, 1.807) is 18.2 Å². The van der Waals surface area contributed by atoms with Gasteiger partial charge in [0.05, 0.1) is 5.69 Å². The van der Waals surface area contributed by atoms with Crippen molar-refractivity contribution < 1.29 is 9.59 Å². The normalized spacial score (nSPS) is 18.8. The third-order valence-corrected chi connectivity index (χ3v) is 5.43. The first-order chi connectivity index (χ1) is 13.5. The van der Waals surface area contributed by atoms with Gasteiger partial charge in [-0.25, -0.2) is 0 Å². The molecule has 0 aromatic heterocycles. The van der Waals surface area contributed by atoms with Crippen LogP contribution in [-0.2, 0) is 9.59 Å². The number of hydrogen-bond donors (Lipinski definition) is 1. The number of thiocarbonyl (C=S) groups is 1. The third kappa shape index (κ3) is 3.43. The number of nitrogens with one attached hydrogen (secondary N) is 1. The van der Waals surface area contributed by atoms with Crippen LogP contribution in [0.3, 0.4) is 0 Å². The van der Waals surface area contributed by atoms with Crippen molar-refractivity contribution >= 4 is 46.6 Å². The molecular formula is C22H21N3O2S. The minimum absolute atomic E-state index is 0.0782. The summed E-state index contributed by atoms with van der Waals surface area (Å²) in [7, 11) is 0. The van der Waals surface area contributed by atoms with E-state index in [0.717, 1.165) is 24.2 Å². The molecule has 0 bridgehead atoms. The van der Waals surface area contributed by atoms with Gasteiger partial charge in [0.2, 0.25) is 0 Å². The molecular weight excluding hydrogens is 370 g/mol. The highest BCUT2D eigenvalue weighted by atomic mass is 32.1. The van der Waals surface area contributed by atoms with E-state index in [0.29, 0.717) is 5.69 Å². The van der Waals surface area contributed by atoms with Crippen molar-refractivity contribution in [1.29, 1.82) is 0 Å². The average molecular weight is 391 g/mol. The quantitative estimate of drug-likeness (QED) is 0.495. The molecule has 2 heterocycles. The van der Waals surface area contributed by atoms with Crippen LogP contribution in [0.5, 0.6) is 0 Å². The summed E-state index contributed by atoms with van der Waals surface area (Å²) in [5.74, 6) is -0.881. The predicted molar refractivity (Wildman–Crippen MR) is 115 cm³/mol. The van der Waals surface area contributed by atoms with Crippen molar-refractivity contribution in [3.63, 3.8) is 0 Å². The van der Waals surface area contributed by atoms with Gasteiger partial charge in [0, 0.05) is 18.8 Å². The van der Waals surface area contributed by atoms with Gasteiger partial charge >= 0.3 is 0 Å². The zero-order valence-electron chi connectivity index (χ0n) is 15.6. The van der Waals surface area contributed by atoms with E-state index in [4.69, 9.17) is 12.2 Å². The Morgan fingerprint density at radius 1 is 1.00 bits per heavy atom. The number of rotatable bonds is 3. The maximum atomic E-state index is 13.0. The van der Waals surface area contributed by atoms with Crippen LogP contribution in [0.1, 0.15) is 24.0 Å². The lowest BCUT2D eigenvalue weighted by atomic mass is 10.0.